The van der Waals surface area contributed by atoms with Crippen LogP contribution in [0.4, 0.5) is 0 Å². The van der Waals surface area contributed by atoms with E-state index >= 15 is 0 Å². The van der Waals surface area contributed by atoms with Crippen molar-refractivity contribution < 1.29 is 34.8 Å². The van der Waals surface area contributed by atoms with E-state index in [0.717, 1.165) is 6.26 Å². The molecule has 4 unspecified atom stereocenters. The molecule has 7 nitrogen and oxygen atoms in total. The molecule has 4 atom stereocenters. The highest BCUT2D eigenvalue weighted by atomic mass is 16.6. The highest BCUT2D eigenvalue weighted by Gasteiger charge is 2.42. The SMILES string of the molecule is CC(O)C1C(O)OC=C(C(=O)O)C1CC(=O)O. The van der Waals surface area contributed by atoms with Crippen LogP contribution >= 0.6 is 0 Å². The summed E-state index contributed by atoms with van der Waals surface area (Å²) in [6, 6.07) is 0. The molecule has 1 aliphatic heterocycles. The molecule has 0 amide bonds. The topological polar surface area (TPSA) is 124 Å². The van der Waals surface area contributed by atoms with Crippen molar-refractivity contribution in [1.29, 1.82) is 0 Å². The number of ether oxygens (including phenoxy) is 1. The zero-order valence-electron chi connectivity index (χ0n) is 9.11. The number of aliphatic hydroxyl groups excluding tert-OH is 2. The summed E-state index contributed by atoms with van der Waals surface area (Å²) in [5, 5.41) is 36.6. The van der Waals surface area contributed by atoms with E-state index in [1.54, 1.807) is 0 Å². The van der Waals surface area contributed by atoms with E-state index in [1.165, 1.54) is 6.92 Å². The number of carboxylic acids is 2. The molecular formula is C10H14O7. The van der Waals surface area contributed by atoms with Crippen LogP contribution in [0, 0.1) is 11.8 Å². The van der Waals surface area contributed by atoms with Gasteiger partial charge in [-0.15, -0.1) is 0 Å². The summed E-state index contributed by atoms with van der Waals surface area (Å²) in [5.74, 6) is -4.51. The van der Waals surface area contributed by atoms with Crippen molar-refractivity contribution in [3.05, 3.63) is 11.8 Å². The van der Waals surface area contributed by atoms with Crippen LogP contribution < -0.4 is 0 Å². The molecule has 4 N–H and O–H groups in total. The molecule has 0 fully saturated rings. The highest BCUT2D eigenvalue weighted by Crippen LogP contribution is 2.34. The Morgan fingerprint density at radius 3 is 2.47 bits per heavy atom. The zero-order valence-corrected chi connectivity index (χ0v) is 9.11. The Morgan fingerprint density at radius 2 is 2.06 bits per heavy atom. The summed E-state index contributed by atoms with van der Waals surface area (Å²) in [7, 11) is 0. The second-order valence-corrected chi connectivity index (χ2v) is 3.93. The van der Waals surface area contributed by atoms with Crippen molar-refractivity contribution in [3.63, 3.8) is 0 Å². The maximum atomic E-state index is 10.9. The molecule has 1 aliphatic rings. The second kappa shape index (κ2) is 5.15. The number of aliphatic hydroxyl groups is 2. The van der Waals surface area contributed by atoms with E-state index in [9.17, 15) is 19.8 Å². The maximum Gasteiger partial charge on any atom is 0.335 e. The number of hydrogen-bond acceptors (Lipinski definition) is 5. The molecule has 0 spiro atoms. The van der Waals surface area contributed by atoms with Gasteiger partial charge in [-0.1, -0.05) is 0 Å². The van der Waals surface area contributed by atoms with Crippen molar-refractivity contribution >= 4 is 11.9 Å². The molecule has 17 heavy (non-hydrogen) atoms. The molecule has 7 heteroatoms. The van der Waals surface area contributed by atoms with E-state index < -0.39 is 42.6 Å². The first kappa shape index (κ1) is 13.5. The fraction of sp³-hybridized carbons (Fsp3) is 0.600. The quantitative estimate of drug-likeness (QED) is 0.521. The van der Waals surface area contributed by atoms with Gasteiger partial charge in [0.15, 0.2) is 0 Å². The summed E-state index contributed by atoms with van der Waals surface area (Å²) >= 11 is 0. The van der Waals surface area contributed by atoms with Gasteiger partial charge < -0.3 is 25.2 Å². The predicted molar refractivity (Wildman–Crippen MR) is 53.7 cm³/mol. The van der Waals surface area contributed by atoms with Crippen molar-refractivity contribution in [2.24, 2.45) is 11.8 Å². The minimum atomic E-state index is -1.41. The lowest BCUT2D eigenvalue weighted by atomic mass is 9.79. The molecule has 0 aromatic heterocycles. The van der Waals surface area contributed by atoms with Gasteiger partial charge in [0.1, 0.15) is 0 Å². The monoisotopic (exact) mass is 246 g/mol. The molecular weight excluding hydrogens is 232 g/mol. The van der Waals surface area contributed by atoms with Crippen LogP contribution in [-0.2, 0) is 14.3 Å². The van der Waals surface area contributed by atoms with Crippen LogP contribution in [-0.4, -0.2) is 44.8 Å². The van der Waals surface area contributed by atoms with Gasteiger partial charge in [-0.2, -0.15) is 0 Å². The van der Waals surface area contributed by atoms with Gasteiger partial charge in [0.05, 0.1) is 30.3 Å². The van der Waals surface area contributed by atoms with E-state index in [0.29, 0.717) is 0 Å². The predicted octanol–water partition coefficient (Wildman–Crippen LogP) is -0.609. The van der Waals surface area contributed by atoms with Gasteiger partial charge in [-0.05, 0) is 6.92 Å². The number of aliphatic carboxylic acids is 2. The van der Waals surface area contributed by atoms with Gasteiger partial charge in [0.2, 0.25) is 6.29 Å². The minimum absolute atomic E-state index is 0.261. The first-order valence-corrected chi connectivity index (χ1v) is 5.01. The van der Waals surface area contributed by atoms with Crippen molar-refractivity contribution in [1.82, 2.24) is 0 Å². The van der Waals surface area contributed by atoms with E-state index in [1.807, 2.05) is 0 Å². The molecule has 0 saturated heterocycles. The van der Waals surface area contributed by atoms with Crippen molar-refractivity contribution in [3.8, 4) is 0 Å². The van der Waals surface area contributed by atoms with E-state index in [2.05, 4.69) is 0 Å². The summed E-state index contributed by atoms with van der Waals surface area (Å²) in [6.45, 7) is 1.34. The van der Waals surface area contributed by atoms with Crippen molar-refractivity contribution in [2.45, 2.75) is 25.7 Å². The average molecular weight is 246 g/mol. The fourth-order valence-corrected chi connectivity index (χ4v) is 1.94. The Labute approximate surface area is 96.9 Å². The fourth-order valence-electron chi connectivity index (χ4n) is 1.94. The summed E-state index contributed by atoms with van der Waals surface area (Å²) < 4.78 is 4.70. The minimum Gasteiger partial charge on any atom is -0.481 e. The number of carbonyl (C=O) groups is 2. The Balaban J connectivity index is 3.06. The van der Waals surface area contributed by atoms with Crippen LogP contribution in [0.3, 0.4) is 0 Å². The number of rotatable bonds is 4. The van der Waals surface area contributed by atoms with Crippen LogP contribution in [0.5, 0.6) is 0 Å². The van der Waals surface area contributed by atoms with Crippen LogP contribution in [0.1, 0.15) is 13.3 Å². The van der Waals surface area contributed by atoms with Crippen LogP contribution in [0.2, 0.25) is 0 Å². The third-order valence-electron chi connectivity index (χ3n) is 2.73. The Morgan fingerprint density at radius 1 is 1.47 bits per heavy atom. The zero-order chi connectivity index (χ0) is 13.2. The second-order valence-electron chi connectivity index (χ2n) is 3.93. The molecule has 0 bridgehead atoms. The lowest BCUT2D eigenvalue weighted by Gasteiger charge is -2.35. The maximum absolute atomic E-state index is 10.9. The standard InChI is InChI=1S/C10H14O7/c1-4(11)8-5(2-7(12)13)6(9(14)15)3-17-10(8)16/h3-5,8,10-11,16H,2H2,1H3,(H,12,13)(H,14,15). The molecule has 0 aromatic rings. The van der Waals surface area contributed by atoms with Crippen LogP contribution in [0.25, 0.3) is 0 Å². The first-order valence-electron chi connectivity index (χ1n) is 5.01. The molecule has 96 valence electrons. The summed E-state index contributed by atoms with van der Waals surface area (Å²) in [4.78, 5) is 21.6. The molecule has 1 heterocycles. The van der Waals surface area contributed by atoms with Gasteiger partial charge in [-0.25, -0.2) is 4.79 Å². The molecule has 0 aliphatic carbocycles. The smallest absolute Gasteiger partial charge is 0.335 e. The van der Waals surface area contributed by atoms with Gasteiger partial charge in [0, 0.05) is 5.92 Å². The molecule has 0 saturated carbocycles. The van der Waals surface area contributed by atoms with Crippen molar-refractivity contribution in [2.75, 3.05) is 0 Å². The molecule has 0 radical (unpaired) electrons. The van der Waals surface area contributed by atoms with Gasteiger partial charge >= 0.3 is 11.9 Å². The molecule has 0 aromatic carbocycles. The third kappa shape index (κ3) is 2.95. The lowest BCUT2D eigenvalue weighted by Crippen LogP contribution is -2.43. The van der Waals surface area contributed by atoms with Crippen LogP contribution in [0.15, 0.2) is 11.8 Å². The Bertz CT molecular complexity index is 347. The number of hydrogen-bond donors (Lipinski definition) is 4. The van der Waals surface area contributed by atoms with Gasteiger partial charge in [-0.3, -0.25) is 4.79 Å². The normalized spacial score (nSPS) is 30.1. The number of carboxylic acid groups (broad SMARTS) is 2. The summed E-state index contributed by atoms with van der Waals surface area (Å²) in [6.07, 6.45) is -2.16. The summed E-state index contributed by atoms with van der Waals surface area (Å²) in [5.41, 5.74) is -0.261. The third-order valence-corrected chi connectivity index (χ3v) is 2.73. The average Bonchev–Trinajstić information content (AvgIpc) is 2.15. The Hall–Kier alpha value is -1.60. The lowest BCUT2D eigenvalue weighted by molar-refractivity contribution is -0.159. The highest BCUT2D eigenvalue weighted by molar-refractivity contribution is 5.88. The van der Waals surface area contributed by atoms with Gasteiger partial charge in [0.25, 0.3) is 0 Å². The van der Waals surface area contributed by atoms with E-state index in [-0.39, 0.29) is 5.57 Å². The largest absolute Gasteiger partial charge is 0.481 e. The first-order chi connectivity index (χ1) is 7.84. The van der Waals surface area contributed by atoms with E-state index in [4.69, 9.17) is 14.9 Å². The Kier molecular flexibility index (Phi) is 4.08. The molecule has 1 rings (SSSR count).